The van der Waals surface area contributed by atoms with Crippen LogP contribution < -0.4 is 5.32 Å². The molecule has 4 heteroatoms. The first-order valence-electron chi connectivity index (χ1n) is 7.33. The molecule has 1 aliphatic heterocycles. The first-order valence-corrected chi connectivity index (χ1v) is 7.33. The van der Waals surface area contributed by atoms with E-state index in [2.05, 4.69) is 44.4 Å². The molecular formula is C15H27N3O. The molecule has 5 atom stereocenters. The van der Waals surface area contributed by atoms with Crippen LogP contribution in [0.25, 0.3) is 0 Å². The molecule has 1 aromatic heterocycles. The topological polar surface area (TPSA) is 39.1 Å². The van der Waals surface area contributed by atoms with Crippen LogP contribution in [0.2, 0.25) is 0 Å². The van der Waals surface area contributed by atoms with Crippen molar-refractivity contribution in [3.8, 4) is 0 Å². The third-order valence-corrected chi connectivity index (χ3v) is 4.66. The van der Waals surface area contributed by atoms with Gasteiger partial charge in [-0.05, 0) is 45.2 Å². The van der Waals surface area contributed by atoms with Gasteiger partial charge in [0.1, 0.15) is 0 Å². The van der Waals surface area contributed by atoms with Gasteiger partial charge in [0.25, 0.3) is 0 Å². The summed E-state index contributed by atoms with van der Waals surface area (Å²) >= 11 is 0. The van der Waals surface area contributed by atoms with Gasteiger partial charge in [-0.25, -0.2) is 0 Å². The molecule has 4 nitrogen and oxygen atoms in total. The molecule has 2 heterocycles. The minimum Gasteiger partial charge on any atom is -0.375 e. The van der Waals surface area contributed by atoms with Gasteiger partial charge in [-0.1, -0.05) is 6.92 Å². The number of hydrogen-bond donors (Lipinski definition) is 1. The van der Waals surface area contributed by atoms with Crippen molar-refractivity contribution >= 4 is 0 Å². The minimum absolute atomic E-state index is 0.344. The summed E-state index contributed by atoms with van der Waals surface area (Å²) in [6.07, 6.45) is 6.99. The van der Waals surface area contributed by atoms with Crippen LogP contribution in [-0.2, 0) is 18.2 Å². The Morgan fingerprint density at radius 3 is 2.58 bits per heavy atom. The maximum atomic E-state index is 5.97. The van der Waals surface area contributed by atoms with Crippen molar-refractivity contribution in [1.29, 1.82) is 0 Å². The molecule has 0 spiro atoms. The Morgan fingerprint density at radius 2 is 2.11 bits per heavy atom. The van der Waals surface area contributed by atoms with Gasteiger partial charge in [0.2, 0.25) is 0 Å². The van der Waals surface area contributed by atoms with E-state index in [1.54, 1.807) is 0 Å². The largest absolute Gasteiger partial charge is 0.375 e. The van der Waals surface area contributed by atoms with E-state index in [1.165, 1.54) is 5.56 Å². The van der Waals surface area contributed by atoms with Crippen molar-refractivity contribution in [3.63, 3.8) is 0 Å². The molecule has 0 radical (unpaired) electrons. The third-order valence-electron chi connectivity index (χ3n) is 4.66. The lowest BCUT2D eigenvalue weighted by Crippen LogP contribution is -2.40. The quantitative estimate of drug-likeness (QED) is 0.885. The first kappa shape index (κ1) is 14.5. The van der Waals surface area contributed by atoms with Gasteiger partial charge < -0.3 is 10.1 Å². The molecule has 1 aliphatic rings. The Morgan fingerprint density at radius 1 is 1.37 bits per heavy atom. The molecule has 0 amide bonds. The molecule has 1 fully saturated rings. The van der Waals surface area contributed by atoms with Crippen molar-refractivity contribution in [1.82, 2.24) is 15.1 Å². The standard InChI is InChI=1S/C15H27N3O/c1-10-11(2)19-12(3)15(10)14(16-4)7-6-13-8-17-18(5)9-13/h8-12,14-16H,6-7H2,1-5H3. The summed E-state index contributed by atoms with van der Waals surface area (Å²) in [6.45, 7) is 6.71. The monoisotopic (exact) mass is 265 g/mol. The second-order valence-corrected chi connectivity index (χ2v) is 5.94. The van der Waals surface area contributed by atoms with E-state index in [1.807, 2.05) is 17.9 Å². The molecule has 5 unspecified atom stereocenters. The van der Waals surface area contributed by atoms with Crippen molar-refractivity contribution in [2.24, 2.45) is 18.9 Å². The summed E-state index contributed by atoms with van der Waals surface area (Å²) in [5.74, 6) is 1.21. The molecule has 108 valence electrons. The van der Waals surface area contributed by atoms with E-state index in [9.17, 15) is 0 Å². The highest BCUT2D eigenvalue weighted by Crippen LogP contribution is 2.35. The Labute approximate surface area is 116 Å². The number of nitrogens with one attached hydrogen (secondary N) is 1. The second-order valence-electron chi connectivity index (χ2n) is 5.94. The average Bonchev–Trinajstić information content (AvgIpc) is 2.88. The van der Waals surface area contributed by atoms with Gasteiger partial charge in [-0.2, -0.15) is 5.10 Å². The normalized spacial score (nSPS) is 32.7. The number of aryl methyl sites for hydroxylation is 2. The van der Waals surface area contributed by atoms with E-state index in [0.29, 0.717) is 30.1 Å². The maximum absolute atomic E-state index is 5.97. The van der Waals surface area contributed by atoms with Gasteiger partial charge in [-0.15, -0.1) is 0 Å². The lowest BCUT2D eigenvalue weighted by atomic mass is 9.81. The van der Waals surface area contributed by atoms with Gasteiger partial charge in [-0.3, -0.25) is 4.68 Å². The zero-order valence-electron chi connectivity index (χ0n) is 12.8. The predicted octanol–water partition coefficient (Wildman–Crippen LogP) is 2.00. The molecule has 0 bridgehead atoms. The van der Waals surface area contributed by atoms with Crippen LogP contribution in [0.1, 0.15) is 32.8 Å². The Kier molecular flexibility index (Phi) is 4.63. The first-order chi connectivity index (χ1) is 9.02. The van der Waals surface area contributed by atoms with Crippen LogP contribution in [0, 0.1) is 11.8 Å². The Bertz CT molecular complexity index is 404. The van der Waals surface area contributed by atoms with E-state index < -0.39 is 0 Å². The molecule has 1 aromatic rings. The van der Waals surface area contributed by atoms with Crippen LogP contribution in [0.5, 0.6) is 0 Å². The van der Waals surface area contributed by atoms with Crippen LogP contribution >= 0.6 is 0 Å². The molecule has 2 rings (SSSR count). The summed E-state index contributed by atoms with van der Waals surface area (Å²) in [5.41, 5.74) is 1.31. The smallest absolute Gasteiger partial charge is 0.0597 e. The highest BCUT2D eigenvalue weighted by molar-refractivity contribution is 5.04. The molecule has 1 saturated heterocycles. The Hall–Kier alpha value is -0.870. The second kappa shape index (κ2) is 6.06. The van der Waals surface area contributed by atoms with Crippen LogP contribution in [0.15, 0.2) is 12.4 Å². The predicted molar refractivity (Wildman–Crippen MR) is 77.0 cm³/mol. The zero-order chi connectivity index (χ0) is 14.0. The fourth-order valence-electron chi connectivity index (χ4n) is 3.44. The molecule has 0 saturated carbocycles. The van der Waals surface area contributed by atoms with Crippen LogP contribution in [0.4, 0.5) is 0 Å². The van der Waals surface area contributed by atoms with Gasteiger partial charge in [0, 0.05) is 25.2 Å². The van der Waals surface area contributed by atoms with Crippen molar-refractivity contribution < 1.29 is 4.74 Å². The summed E-state index contributed by atoms with van der Waals surface area (Å²) in [7, 11) is 4.03. The summed E-state index contributed by atoms with van der Waals surface area (Å²) in [4.78, 5) is 0. The van der Waals surface area contributed by atoms with Crippen molar-refractivity contribution in [2.45, 2.75) is 51.9 Å². The molecule has 0 aromatic carbocycles. The molecule has 0 aliphatic carbocycles. The SMILES string of the molecule is CNC(CCc1cnn(C)c1)C1C(C)OC(C)C1C. The summed E-state index contributed by atoms with van der Waals surface area (Å²) in [6, 6.07) is 0.509. The number of ether oxygens (including phenoxy) is 1. The number of hydrogen-bond acceptors (Lipinski definition) is 3. The molecule has 19 heavy (non-hydrogen) atoms. The summed E-state index contributed by atoms with van der Waals surface area (Å²) < 4.78 is 7.84. The number of rotatable bonds is 5. The van der Waals surface area contributed by atoms with Gasteiger partial charge in [0.05, 0.1) is 18.4 Å². The fraction of sp³-hybridized carbons (Fsp3) is 0.800. The van der Waals surface area contributed by atoms with E-state index in [-0.39, 0.29) is 0 Å². The van der Waals surface area contributed by atoms with E-state index >= 15 is 0 Å². The van der Waals surface area contributed by atoms with Gasteiger partial charge >= 0.3 is 0 Å². The van der Waals surface area contributed by atoms with Crippen molar-refractivity contribution in [3.05, 3.63) is 18.0 Å². The highest BCUT2D eigenvalue weighted by atomic mass is 16.5. The zero-order valence-corrected chi connectivity index (χ0v) is 12.8. The average molecular weight is 265 g/mol. The van der Waals surface area contributed by atoms with Crippen LogP contribution in [-0.4, -0.2) is 35.1 Å². The Balaban J connectivity index is 1.96. The van der Waals surface area contributed by atoms with E-state index in [4.69, 9.17) is 4.74 Å². The highest BCUT2D eigenvalue weighted by Gasteiger charge is 2.40. The number of nitrogens with zero attached hydrogens (tertiary/aromatic N) is 2. The van der Waals surface area contributed by atoms with Crippen molar-refractivity contribution in [2.75, 3.05) is 7.05 Å². The lowest BCUT2D eigenvalue weighted by molar-refractivity contribution is 0.0475. The van der Waals surface area contributed by atoms with Crippen LogP contribution in [0.3, 0.4) is 0 Å². The maximum Gasteiger partial charge on any atom is 0.0597 e. The summed E-state index contributed by atoms with van der Waals surface area (Å²) in [5, 5.41) is 7.73. The van der Waals surface area contributed by atoms with Gasteiger partial charge in [0.15, 0.2) is 0 Å². The third kappa shape index (κ3) is 3.18. The number of aromatic nitrogens is 2. The fourth-order valence-corrected chi connectivity index (χ4v) is 3.44. The van der Waals surface area contributed by atoms with E-state index in [0.717, 1.165) is 12.8 Å². The molecular weight excluding hydrogens is 238 g/mol. The lowest BCUT2D eigenvalue weighted by Gasteiger charge is -2.28. The minimum atomic E-state index is 0.344. The molecule has 1 N–H and O–H groups in total.